The van der Waals surface area contributed by atoms with Crippen LogP contribution in [0.3, 0.4) is 0 Å². The second kappa shape index (κ2) is 6.62. The van der Waals surface area contributed by atoms with E-state index in [-0.39, 0.29) is 11.6 Å². The molecule has 0 aliphatic carbocycles. The SMILES string of the molecule is CC(C)CN(Cc1c(F)ccc(Br)c1F)C(C)C. The lowest BCUT2D eigenvalue weighted by Crippen LogP contribution is -2.34. The second-order valence-corrected chi connectivity index (χ2v) is 6.09. The summed E-state index contributed by atoms with van der Waals surface area (Å²) < 4.78 is 27.9. The molecule has 0 unspecified atom stereocenters. The van der Waals surface area contributed by atoms with Gasteiger partial charge in [0.1, 0.15) is 11.6 Å². The van der Waals surface area contributed by atoms with Crippen molar-refractivity contribution < 1.29 is 8.78 Å². The van der Waals surface area contributed by atoms with Gasteiger partial charge in [0.25, 0.3) is 0 Å². The highest BCUT2D eigenvalue weighted by molar-refractivity contribution is 9.10. The van der Waals surface area contributed by atoms with Gasteiger partial charge in [-0.25, -0.2) is 8.78 Å². The van der Waals surface area contributed by atoms with Gasteiger partial charge < -0.3 is 0 Å². The third kappa shape index (κ3) is 4.02. The predicted molar refractivity (Wildman–Crippen MR) is 74.4 cm³/mol. The Labute approximate surface area is 116 Å². The van der Waals surface area contributed by atoms with Crippen molar-refractivity contribution in [2.45, 2.75) is 40.3 Å². The summed E-state index contributed by atoms with van der Waals surface area (Å²) in [5.74, 6) is -0.514. The Hall–Kier alpha value is -0.480. The van der Waals surface area contributed by atoms with Gasteiger partial charge in [0.15, 0.2) is 0 Å². The van der Waals surface area contributed by atoms with E-state index in [0.717, 1.165) is 6.54 Å². The summed E-state index contributed by atoms with van der Waals surface area (Å²) in [5, 5.41) is 0. The Kier molecular flexibility index (Phi) is 5.73. The highest BCUT2D eigenvalue weighted by atomic mass is 79.9. The van der Waals surface area contributed by atoms with Crippen LogP contribution < -0.4 is 0 Å². The topological polar surface area (TPSA) is 3.24 Å². The predicted octanol–water partition coefficient (Wildman–Crippen LogP) is 4.59. The van der Waals surface area contributed by atoms with E-state index in [1.54, 1.807) is 0 Å². The van der Waals surface area contributed by atoms with E-state index in [1.807, 2.05) is 13.8 Å². The molecule has 0 aliphatic rings. The first-order valence-electron chi connectivity index (χ1n) is 6.19. The molecule has 1 aromatic carbocycles. The molecule has 0 radical (unpaired) electrons. The van der Waals surface area contributed by atoms with Gasteiger partial charge in [-0.2, -0.15) is 0 Å². The molecule has 0 amide bonds. The first-order valence-corrected chi connectivity index (χ1v) is 6.98. The molecule has 0 N–H and O–H groups in total. The zero-order chi connectivity index (χ0) is 13.9. The van der Waals surface area contributed by atoms with Crippen molar-refractivity contribution in [3.05, 3.63) is 33.8 Å². The molecular weight excluding hydrogens is 300 g/mol. The van der Waals surface area contributed by atoms with Gasteiger partial charge in [-0.1, -0.05) is 13.8 Å². The number of hydrogen-bond acceptors (Lipinski definition) is 1. The van der Waals surface area contributed by atoms with E-state index in [9.17, 15) is 8.78 Å². The van der Waals surface area contributed by atoms with E-state index in [2.05, 4.69) is 34.7 Å². The molecule has 0 atom stereocenters. The Morgan fingerprint density at radius 2 is 1.78 bits per heavy atom. The summed E-state index contributed by atoms with van der Waals surface area (Å²) >= 11 is 3.10. The zero-order valence-electron chi connectivity index (χ0n) is 11.3. The Morgan fingerprint density at radius 1 is 1.17 bits per heavy atom. The summed E-state index contributed by atoms with van der Waals surface area (Å²) in [4.78, 5) is 2.08. The van der Waals surface area contributed by atoms with E-state index in [0.29, 0.717) is 16.9 Å². The van der Waals surface area contributed by atoms with Crippen LogP contribution in [0.25, 0.3) is 0 Å². The lowest BCUT2D eigenvalue weighted by molar-refractivity contribution is 0.184. The molecule has 0 spiro atoms. The van der Waals surface area contributed by atoms with Gasteiger partial charge >= 0.3 is 0 Å². The molecule has 0 saturated carbocycles. The molecular formula is C14H20BrF2N. The van der Waals surface area contributed by atoms with Gasteiger partial charge in [0.2, 0.25) is 0 Å². The van der Waals surface area contributed by atoms with E-state index < -0.39 is 11.6 Å². The summed E-state index contributed by atoms with van der Waals surface area (Å²) in [5.41, 5.74) is 0.138. The Morgan fingerprint density at radius 3 is 2.28 bits per heavy atom. The van der Waals surface area contributed by atoms with Crippen LogP contribution in [0.4, 0.5) is 8.78 Å². The van der Waals surface area contributed by atoms with Gasteiger partial charge in [0.05, 0.1) is 4.47 Å². The highest BCUT2D eigenvalue weighted by Crippen LogP contribution is 2.23. The molecule has 4 heteroatoms. The van der Waals surface area contributed by atoms with Gasteiger partial charge in [-0.3, -0.25) is 4.90 Å². The summed E-state index contributed by atoms with van der Waals surface area (Å²) in [7, 11) is 0. The number of hydrogen-bond donors (Lipinski definition) is 0. The lowest BCUT2D eigenvalue weighted by Gasteiger charge is -2.28. The van der Waals surface area contributed by atoms with Crippen LogP contribution in [0.2, 0.25) is 0 Å². The highest BCUT2D eigenvalue weighted by Gasteiger charge is 2.18. The number of nitrogens with zero attached hydrogens (tertiary/aromatic N) is 1. The minimum Gasteiger partial charge on any atom is -0.296 e. The normalized spacial score (nSPS) is 11.9. The monoisotopic (exact) mass is 319 g/mol. The van der Waals surface area contributed by atoms with Crippen LogP contribution in [-0.4, -0.2) is 17.5 Å². The van der Waals surface area contributed by atoms with Gasteiger partial charge in [-0.15, -0.1) is 0 Å². The summed E-state index contributed by atoms with van der Waals surface area (Å²) in [6.07, 6.45) is 0. The molecule has 0 saturated heterocycles. The van der Waals surface area contributed by atoms with Crippen LogP contribution in [0, 0.1) is 17.6 Å². The second-order valence-electron chi connectivity index (χ2n) is 5.24. The maximum absolute atomic E-state index is 13.9. The Bertz CT molecular complexity index is 405. The largest absolute Gasteiger partial charge is 0.296 e. The number of benzene rings is 1. The molecule has 1 rings (SSSR count). The van der Waals surface area contributed by atoms with Crippen LogP contribution in [-0.2, 0) is 6.54 Å². The molecule has 0 aliphatic heterocycles. The van der Waals surface area contributed by atoms with Crippen molar-refractivity contribution in [3.8, 4) is 0 Å². The zero-order valence-corrected chi connectivity index (χ0v) is 12.9. The van der Waals surface area contributed by atoms with Crippen molar-refractivity contribution in [2.24, 2.45) is 5.92 Å². The molecule has 18 heavy (non-hydrogen) atoms. The smallest absolute Gasteiger partial charge is 0.144 e. The average Bonchev–Trinajstić information content (AvgIpc) is 2.27. The number of halogens is 3. The quantitative estimate of drug-likeness (QED) is 0.717. The molecule has 1 aromatic rings. The van der Waals surface area contributed by atoms with Crippen molar-refractivity contribution in [1.29, 1.82) is 0 Å². The summed E-state index contributed by atoms with van der Waals surface area (Å²) in [6, 6.07) is 2.96. The standard InChI is InChI=1S/C14H20BrF2N/c1-9(2)7-18(10(3)4)8-11-13(16)6-5-12(15)14(11)17/h5-6,9-10H,7-8H2,1-4H3. The third-order valence-electron chi connectivity index (χ3n) is 2.83. The van der Waals surface area contributed by atoms with Crippen molar-refractivity contribution >= 4 is 15.9 Å². The van der Waals surface area contributed by atoms with Gasteiger partial charge in [-0.05, 0) is 47.8 Å². The van der Waals surface area contributed by atoms with Crippen molar-refractivity contribution in [1.82, 2.24) is 4.90 Å². The third-order valence-corrected chi connectivity index (χ3v) is 3.44. The maximum Gasteiger partial charge on any atom is 0.144 e. The maximum atomic E-state index is 13.9. The van der Waals surface area contributed by atoms with Crippen molar-refractivity contribution in [3.63, 3.8) is 0 Å². The minimum atomic E-state index is -0.496. The molecule has 0 aromatic heterocycles. The van der Waals surface area contributed by atoms with Crippen LogP contribution in [0.15, 0.2) is 16.6 Å². The average molecular weight is 320 g/mol. The fraction of sp³-hybridized carbons (Fsp3) is 0.571. The van der Waals surface area contributed by atoms with Crippen molar-refractivity contribution in [2.75, 3.05) is 6.54 Å². The fourth-order valence-corrected chi connectivity index (χ4v) is 2.22. The fourth-order valence-electron chi connectivity index (χ4n) is 1.84. The Balaban J connectivity index is 2.97. The van der Waals surface area contributed by atoms with Crippen LogP contribution >= 0.6 is 15.9 Å². The van der Waals surface area contributed by atoms with E-state index in [1.165, 1.54) is 12.1 Å². The van der Waals surface area contributed by atoms with Crippen LogP contribution in [0.5, 0.6) is 0 Å². The molecule has 102 valence electrons. The summed E-state index contributed by atoms with van der Waals surface area (Å²) in [6.45, 7) is 9.40. The van der Waals surface area contributed by atoms with Gasteiger partial charge in [0, 0.05) is 24.7 Å². The van der Waals surface area contributed by atoms with E-state index in [4.69, 9.17) is 0 Å². The number of rotatable bonds is 5. The molecule has 1 nitrogen and oxygen atoms in total. The van der Waals surface area contributed by atoms with E-state index >= 15 is 0 Å². The first-order chi connectivity index (χ1) is 8.32. The molecule has 0 bridgehead atoms. The molecule has 0 fully saturated rings. The first kappa shape index (κ1) is 15.6. The van der Waals surface area contributed by atoms with Crippen LogP contribution in [0.1, 0.15) is 33.3 Å². The molecule has 0 heterocycles. The lowest BCUT2D eigenvalue weighted by atomic mass is 10.1. The minimum absolute atomic E-state index is 0.138.